The largest absolute Gasteiger partial charge is 0.495 e. The summed E-state index contributed by atoms with van der Waals surface area (Å²) in [7, 11) is 1.64. The number of nitrogens with two attached hydrogens (primary N) is 1. The van der Waals surface area contributed by atoms with Crippen LogP contribution in [0.4, 0.5) is 11.4 Å². The standard InChI is InChI=1S/C8H11IN2O/c1-12-8-3-2-6(10)4-7(8)11-5-9/h2-4,11H,5,10H2,1H3. The quantitative estimate of drug-likeness (QED) is 0.385. The van der Waals surface area contributed by atoms with E-state index >= 15 is 0 Å². The second kappa shape index (κ2) is 4.39. The first-order chi connectivity index (χ1) is 5.77. The van der Waals surface area contributed by atoms with E-state index in [0.717, 1.165) is 21.7 Å². The zero-order chi connectivity index (χ0) is 8.97. The number of nitrogen functional groups attached to an aromatic ring is 1. The van der Waals surface area contributed by atoms with Crippen molar-refractivity contribution >= 4 is 34.0 Å². The molecule has 0 aliphatic heterocycles. The fraction of sp³-hybridized carbons (Fsp3) is 0.250. The molecule has 0 spiro atoms. The van der Waals surface area contributed by atoms with Gasteiger partial charge in [-0.05, 0) is 18.2 Å². The van der Waals surface area contributed by atoms with Crippen molar-refractivity contribution in [2.75, 3.05) is 22.7 Å². The molecule has 4 heteroatoms. The zero-order valence-corrected chi connectivity index (χ0v) is 8.96. The Hall–Kier alpha value is -0.650. The van der Waals surface area contributed by atoms with E-state index in [1.165, 1.54) is 0 Å². The summed E-state index contributed by atoms with van der Waals surface area (Å²) < 4.78 is 5.96. The fourth-order valence-corrected chi connectivity index (χ4v) is 1.35. The lowest BCUT2D eigenvalue weighted by Crippen LogP contribution is -1.98. The van der Waals surface area contributed by atoms with Crippen LogP contribution in [0.15, 0.2) is 18.2 Å². The van der Waals surface area contributed by atoms with Gasteiger partial charge in [-0.15, -0.1) is 0 Å². The summed E-state index contributed by atoms with van der Waals surface area (Å²) in [4.78, 5) is 0. The molecule has 0 aliphatic carbocycles. The fourth-order valence-electron chi connectivity index (χ4n) is 0.936. The van der Waals surface area contributed by atoms with E-state index in [-0.39, 0.29) is 0 Å². The van der Waals surface area contributed by atoms with Gasteiger partial charge in [-0.2, -0.15) is 0 Å². The topological polar surface area (TPSA) is 47.3 Å². The molecule has 0 aromatic heterocycles. The van der Waals surface area contributed by atoms with Crippen LogP contribution in [0.25, 0.3) is 0 Å². The molecule has 0 aliphatic rings. The van der Waals surface area contributed by atoms with Crippen LogP contribution in [-0.2, 0) is 0 Å². The van der Waals surface area contributed by atoms with Crippen molar-refractivity contribution in [1.29, 1.82) is 0 Å². The first kappa shape index (κ1) is 9.44. The number of benzene rings is 1. The minimum atomic E-state index is 0.739. The maximum absolute atomic E-state index is 5.61. The lowest BCUT2D eigenvalue weighted by molar-refractivity contribution is 0.416. The average molecular weight is 278 g/mol. The van der Waals surface area contributed by atoms with E-state index in [0.29, 0.717) is 0 Å². The lowest BCUT2D eigenvalue weighted by Gasteiger charge is -2.09. The van der Waals surface area contributed by atoms with Crippen LogP contribution in [0, 0.1) is 0 Å². The Morgan fingerprint density at radius 2 is 2.33 bits per heavy atom. The molecular weight excluding hydrogens is 267 g/mol. The Morgan fingerprint density at radius 3 is 2.92 bits per heavy atom. The normalized spacial score (nSPS) is 9.50. The first-order valence-electron chi connectivity index (χ1n) is 3.51. The van der Waals surface area contributed by atoms with Gasteiger partial charge in [-0.25, -0.2) is 0 Å². The van der Waals surface area contributed by atoms with Crippen molar-refractivity contribution in [2.24, 2.45) is 0 Å². The number of halogens is 1. The molecule has 66 valence electrons. The van der Waals surface area contributed by atoms with Gasteiger partial charge in [0, 0.05) is 5.69 Å². The smallest absolute Gasteiger partial charge is 0.142 e. The molecule has 0 fully saturated rings. The molecule has 0 amide bonds. The van der Waals surface area contributed by atoms with Crippen LogP contribution in [0.5, 0.6) is 5.75 Å². The molecule has 0 bridgehead atoms. The third-order valence-electron chi connectivity index (χ3n) is 1.48. The third-order valence-corrected chi connectivity index (χ3v) is 1.86. The van der Waals surface area contributed by atoms with Gasteiger partial charge >= 0.3 is 0 Å². The van der Waals surface area contributed by atoms with Crippen LogP contribution in [0.1, 0.15) is 0 Å². The molecule has 0 atom stereocenters. The summed E-state index contributed by atoms with van der Waals surface area (Å²) in [5, 5.41) is 3.15. The van der Waals surface area contributed by atoms with Gasteiger partial charge in [-0.3, -0.25) is 0 Å². The first-order valence-corrected chi connectivity index (χ1v) is 5.04. The van der Waals surface area contributed by atoms with Crippen molar-refractivity contribution in [3.63, 3.8) is 0 Å². The summed E-state index contributed by atoms with van der Waals surface area (Å²) in [5.41, 5.74) is 7.29. The maximum atomic E-state index is 5.61. The summed E-state index contributed by atoms with van der Waals surface area (Å²) in [5.74, 6) is 0.820. The van der Waals surface area contributed by atoms with Gasteiger partial charge < -0.3 is 15.8 Å². The predicted octanol–water partition coefficient (Wildman–Crippen LogP) is 2.08. The number of alkyl halides is 1. The molecule has 0 unspecified atom stereocenters. The Balaban J connectivity index is 2.95. The van der Waals surface area contributed by atoms with Gasteiger partial charge in [0.15, 0.2) is 0 Å². The number of hydrogen-bond donors (Lipinski definition) is 2. The minimum absolute atomic E-state index is 0.739. The molecule has 0 radical (unpaired) electrons. The van der Waals surface area contributed by atoms with Crippen molar-refractivity contribution < 1.29 is 4.74 Å². The van der Waals surface area contributed by atoms with E-state index in [1.807, 2.05) is 18.2 Å². The van der Waals surface area contributed by atoms with E-state index in [4.69, 9.17) is 10.5 Å². The van der Waals surface area contributed by atoms with Crippen LogP contribution in [-0.4, -0.2) is 11.7 Å². The Labute approximate surface area is 85.4 Å². The number of nitrogens with one attached hydrogen (secondary N) is 1. The van der Waals surface area contributed by atoms with E-state index < -0.39 is 0 Å². The number of anilines is 2. The SMILES string of the molecule is COc1ccc(N)cc1NCI. The Kier molecular flexibility index (Phi) is 3.46. The monoisotopic (exact) mass is 278 g/mol. The molecule has 0 saturated heterocycles. The van der Waals surface area contributed by atoms with E-state index in [2.05, 4.69) is 27.9 Å². The van der Waals surface area contributed by atoms with Crippen molar-refractivity contribution in [3.8, 4) is 5.75 Å². The van der Waals surface area contributed by atoms with E-state index in [1.54, 1.807) is 7.11 Å². The number of hydrogen-bond acceptors (Lipinski definition) is 3. The molecule has 1 aromatic rings. The van der Waals surface area contributed by atoms with Crippen molar-refractivity contribution in [1.82, 2.24) is 0 Å². The second-order valence-electron chi connectivity index (χ2n) is 2.27. The summed E-state index contributed by atoms with van der Waals surface area (Å²) in [6, 6.07) is 5.53. The highest BCUT2D eigenvalue weighted by Gasteiger charge is 2.00. The summed E-state index contributed by atoms with van der Waals surface area (Å²) in [6.07, 6.45) is 0. The van der Waals surface area contributed by atoms with Gasteiger partial charge in [0.1, 0.15) is 5.75 Å². The van der Waals surface area contributed by atoms with Gasteiger partial charge in [0.05, 0.1) is 17.3 Å². The molecule has 3 N–H and O–H groups in total. The van der Waals surface area contributed by atoms with Gasteiger partial charge in [0.25, 0.3) is 0 Å². The van der Waals surface area contributed by atoms with Crippen LogP contribution in [0.3, 0.4) is 0 Å². The molecule has 1 aromatic carbocycles. The molecule has 12 heavy (non-hydrogen) atoms. The molecule has 3 nitrogen and oxygen atoms in total. The molecule has 0 heterocycles. The summed E-state index contributed by atoms with van der Waals surface area (Å²) >= 11 is 2.23. The minimum Gasteiger partial charge on any atom is -0.495 e. The number of rotatable bonds is 3. The maximum Gasteiger partial charge on any atom is 0.142 e. The Bertz CT molecular complexity index is 265. The van der Waals surface area contributed by atoms with Crippen LogP contribution in [0.2, 0.25) is 0 Å². The Morgan fingerprint density at radius 1 is 1.58 bits per heavy atom. The van der Waals surface area contributed by atoms with E-state index in [9.17, 15) is 0 Å². The van der Waals surface area contributed by atoms with Crippen LogP contribution < -0.4 is 15.8 Å². The van der Waals surface area contributed by atoms with Gasteiger partial charge in [0.2, 0.25) is 0 Å². The van der Waals surface area contributed by atoms with Crippen LogP contribution >= 0.6 is 22.6 Å². The summed E-state index contributed by atoms with van der Waals surface area (Å²) in [6.45, 7) is 0. The average Bonchev–Trinajstić information content (AvgIpc) is 2.05. The number of ether oxygens (including phenoxy) is 1. The van der Waals surface area contributed by atoms with Crippen molar-refractivity contribution in [2.45, 2.75) is 0 Å². The lowest BCUT2D eigenvalue weighted by atomic mass is 10.2. The second-order valence-corrected chi connectivity index (χ2v) is 3.03. The molecule has 1 rings (SSSR count). The highest BCUT2D eigenvalue weighted by molar-refractivity contribution is 14.1. The van der Waals surface area contributed by atoms with Gasteiger partial charge in [-0.1, -0.05) is 22.6 Å². The zero-order valence-electron chi connectivity index (χ0n) is 6.80. The third kappa shape index (κ3) is 2.17. The number of methoxy groups -OCH3 is 1. The molecule has 0 saturated carbocycles. The molecular formula is C8H11IN2O. The highest BCUT2D eigenvalue weighted by atomic mass is 127. The predicted molar refractivity (Wildman–Crippen MR) is 59.9 cm³/mol. The van der Waals surface area contributed by atoms with Crippen molar-refractivity contribution in [3.05, 3.63) is 18.2 Å². The highest BCUT2D eigenvalue weighted by Crippen LogP contribution is 2.26.